The summed E-state index contributed by atoms with van der Waals surface area (Å²) in [6.45, 7) is 1.23. The van der Waals surface area contributed by atoms with Gasteiger partial charge in [0.15, 0.2) is 0 Å². The third-order valence-electron chi connectivity index (χ3n) is 6.64. The number of rotatable bonds is 10. The molecule has 3 amide bonds. The number of aromatic nitrogens is 1. The number of aliphatic carboxylic acids is 1. The maximum Gasteiger partial charge on any atom is 0.407 e. The van der Waals surface area contributed by atoms with Crippen LogP contribution < -0.4 is 5.32 Å². The fraction of sp³-hybridized carbons (Fsp3) is 0.480. The van der Waals surface area contributed by atoms with Gasteiger partial charge in [0.05, 0.1) is 0 Å². The molecule has 12 heteroatoms. The molecule has 4 rings (SSSR count). The topological polar surface area (TPSA) is 149 Å². The van der Waals surface area contributed by atoms with Gasteiger partial charge in [-0.1, -0.05) is 30.3 Å². The minimum absolute atomic E-state index is 0.0835. The third-order valence-corrected chi connectivity index (χ3v) is 7.88. The highest BCUT2D eigenvalue weighted by atomic mass is 32.1. The van der Waals surface area contributed by atoms with Crippen LogP contribution in [0.4, 0.5) is 4.79 Å². The largest absolute Gasteiger partial charge is 0.481 e. The number of hydrogen-bond donors (Lipinski definition) is 3. The van der Waals surface area contributed by atoms with Crippen molar-refractivity contribution in [2.45, 2.75) is 31.2 Å². The normalized spacial score (nSPS) is 19.8. The van der Waals surface area contributed by atoms with Crippen molar-refractivity contribution >= 4 is 35.2 Å². The SMILES string of the molecule is COC[C@H]1C[C@@H]1c1sc(-c2ccccc2)nc1C(=O)N[C@@H](CCC(=O)O)C(=O)N1CCN(C(=O)O)CC1. The number of ether oxygens (including phenoxy) is 1. The highest BCUT2D eigenvalue weighted by molar-refractivity contribution is 7.15. The number of carbonyl (C=O) groups excluding carboxylic acids is 2. The number of carbonyl (C=O) groups is 4. The molecule has 2 heterocycles. The van der Waals surface area contributed by atoms with Crippen LogP contribution in [0, 0.1) is 5.92 Å². The number of nitrogens with one attached hydrogen (secondary N) is 1. The summed E-state index contributed by atoms with van der Waals surface area (Å²) in [6.07, 6.45) is -0.566. The molecule has 1 aliphatic carbocycles. The number of benzene rings is 1. The van der Waals surface area contributed by atoms with Gasteiger partial charge in [-0.2, -0.15) is 0 Å². The van der Waals surface area contributed by atoms with E-state index in [2.05, 4.69) is 10.3 Å². The lowest BCUT2D eigenvalue weighted by Crippen LogP contribution is -2.55. The number of amides is 3. The molecule has 0 unspecified atom stereocenters. The fourth-order valence-electron chi connectivity index (χ4n) is 4.51. The second-order valence-corrected chi connectivity index (χ2v) is 10.2. The van der Waals surface area contributed by atoms with E-state index in [0.717, 1.165) is 16.9 Å². The first-order chi connectivity index (χ1) is 17.8. The highest BCUT2D eigenvalue weighted by Gasteiger charge is 2.43. The highest BCUT2D eigenvalue weighted by Crippen LogP contribution is 2.51. The van der Waals surface area contributed by atoms with Gasteiger partial charge in [-0.3, -0.25) is 14.4 Å². The zero-order valence-corrected chi connectivity index (χ0v) is 21.3. The van der Waals surface area contributed by atoms with E-state index in [1.807, 2.05) is 30.3 Å². The van der Waals surface area contributed by atoms with Crippen molar-refractivity contribution in [2.24, 2.45) is 5.92 Å². The second kappa shape index (κ2) is 11.7. The van der Waals surface area contributed by atoms with E-state index < -0.39 is 29.9 Å². The lowest BCUT2D eigenvalue weighted by Gasteiger charge is -2.35. The Bertz CT molecular complexity index is 1150. The first kappa shape index (κ1) is 26.6. The summed E-state index contributed by atoms with van der Waals surface area (Å²) < 4.78 is 5.29. The number of carboxylic acid groups (broad SMARTS) is 2. The Morgan fingerprint density at radius 3 is 2.41 bits per heavy atom. The van der Waals surface area contributed by atoms with Crippen LogP contribution in [0.15, 0.2) is 30.3 Å². The molecule has 0 spiro atoms. The molecule has 3 atom stereocenters. The molecule has 1 aromatic heterocycles. The summed E-state index contributed by atoms with van der Waals surface area (Å²) in [7, 11) is 1.64. The van der Waals surface area contributed by atoms with Crippen LogP contribution in [0.25, 0.3) is 10.6 Å². The molecular weight excluding hydrogens is 500 g/mol. The molecule has 0 bridgehead atoms. The van der Waals surface area contributed by atoms with Gasteiger partial charge in [0, 0.05) is 62.7 Å². The van der Waals surface area contributed by atoms with E-state index in [0.29, 0.717) is 11.6 Å². The minimum Gasteiger partial charge on any atom is -0.481 e. The van der Waals surface area contributed by atoms with E-state index in [1.54, 1.807) is 7.11 Å². The number of thiazole rings is 1. The quantitative estimate of drug-likeness (QED) is 0.424. The average molecular weight is 531 g/mol. The standard InChI is InChI=1S/C25H30N4O7S/c1-36-14-16-13-17(16)21-20(27-23(37-21)15-5-3-2-4-6-15)22(32)26-18(7-8-19(30)31)24(33)28-9-11-29(12-10-28)25(34)35/h2-6,16-18H,7-14H2,1H3,(H,26,32)(H,30,31)(H,34,35)/t16-,17+,18+/m1/s1. The van der Waals surface area contributed by atoms with Gasteiger partial charge >= 0.3 is 12.1 Å². The van der Waals surface area contributed by atoms with Gasteiger partial charge in [-0.05, 0) is 18.8 Å². The van der Waals surface area contributed by atoms with Gasteiger partial charge in [-0.15, -0.1) is 11.3 Å². The summed E-state index contributed by atoms with van der Waals surface area (Å²) in [5.74, 6) is -1.61. The Hall–Kier alpha value is -3.51. The lowest BCUT2D eigenvalue weighted by molar-refractivity contribution is -0.138. The van der Waals surface area contributed by atoms with Crippen LogP contribution in [0.3, 0.4) is 0 Å². The van der Waals surface area contributed by atoms with Crippen molar-refractivity contribution in [1.29, 1.82) is 0 Å². The van der Waals surface area contributed by atoms with Gasteiger partial charge in [0.25, 0.3) is 5.91 Å². The van der Waals surface area contributed by atoms with E-state index in [9.17, 15) is 24.3 Å². The number of carboxylic acids is 1. The molecule has 37 heavy (non-hydrogen) atoms. The first-order valence-electron chi connectivity index (χ1n) is 12.1. The Kier molecular flexibility index (Phi) is 8.39. The number of nitrogens with zero attached hydrogens (tertiary/aromatic N) is 3. The van der Waals surface area contributed by atoms with Crippen LogP contribution in [-0.4, -0.2) is 94.8 Å². The molecule has 1 saturated carbocycles. The van der Waals surface area contributed by atoms with E-state index in [-0.39, 0.29) is 56.6 Å². The molecule has 2 fully saturated rings. The number of methoxy groups -OCH3 is 1. The number of hydrogen-bond acceptors (Lipinski definition) is 7. The molecule has 2 aliphatic rings. The summed E-state index contributed by atoms with van der Waals surface area (Å²) in [6, 6.07) is 8.45. The van der Waals surface area contributed by atoms with Gasteiger partial charge in [0.2, 0.25) is 5.91 Å². The van der Waals surface area contributed by atoms with Crippen LogP contribution in [-0.2, 0) is 14.3 Å². The van der Waals surface area contributed by atoms with Crippen molar-refractivity contribution < 1.29 is 34.1 Å². The third kappa shape index (κ3) is 6.44. The molecule has 3 N–H and O–H groups in total. The minimum atomic E-state index is -1.08. The summed E-state index contributed by atoms with van der Waals surface area (Å²) in [5.41, 5.74) is 1.13. The summed E-state index contributed by atoms with van der Waals surface area (Å²) >= 11 is 1.45. The van der Waals surface area contributed by atoms with E-state index in [4.69, 9.17) is 9.84 Å². The average Bonchev–Trinajstić information content (AvgIpc) is 3.51. The van der Waals surface area contributed by atoms with Crippen LogP contribution in [0.1, 0.15) is 40.5 Å². The Labute approximate surface area is 218 Å². The molecule has 1 aliphatic heterocycles. The van der Waals surface area contributed by atoms with E-state index >= 15 is 0 Å². The Morgan fingerprint density at radius 2 is 1.78 bits per heavy atom. The summed E-state index contributed by atoms with van der Waals surface area (Å²) in [4.78, 5) is 57.4. The zero-order valence-electron chi connectivity index (χ0n) is 20.5. The number of piperazine rings is 1. The van der Waals surface area contributed by atoms with Crippen LogP contribution in [0.5, 0.6) is 0 Å². The van der Waals surface area contributed by atoms with Gasteiger partial charge < -0.3 is 30.1 Å². The molecule has 11 nitrogen and oxygen atoms in total. The predicted molar refractivity (Wildman–Crippen MR) is 135 cm³/mol. The van der Waals surface area contributed by atoms with Gasteiger partial charge in [0.1, 0.15) is 16.7 Å². The first-order valence-corrected chi connectivity index (χ1v) is 12.9. The van der Waals surface area contributed by atoms with Crippen molar-refractivity contribution in [3.63, 3.8) is 0 Å². The van der Waals surface area contributed by atoms with E-state index in [1.165, 1.54) is 21.1 Å². The molecule has 0 radical (unpaired) electrons. The molecule has 198 valence electrons. The molecule has 2 aromatic rings. The predicted octanol–water partition coefficient (Wildman–Crippen LogP) is 2.35. The van der Waals surface area contributed by atoms with Crippen LogP contribution in [0.2, 0.25) is 0 Å². The molecular formula is C25H30N4O7S. The molecule has 1 aromatic carbocycles. The lowest BCUT2D eigenvalue weighted by atomic mass is 10.1. The fourth-order valence-corrected chi connectivity index (χ4v) is 5.78. The zero-order chi connectivity index (χ0) is 26.5. The van der Waals surface area contributed by atoms with Crippen LogP contribution >= 0.6 is 11.3 Å². The monoisotopic (exact) mass is 530 g/mol. The molecule has 1 saturated heterocycles. The van der Waals surface area contributed by atoms with Crippen molar-refractivity contribution in [2.75, 3.05) is 39.9 Å². The van der Waals surface area contributed by atoms with Gasteiger partial charge in [-0.25, -0.2) is 9.78 Å². The summed E-state index contributed by atoms with van der Waals surface area (Å²) in [5, 5.41) is 21.8. The van der Waals surface area contributed by atoms with Crippen molar-refractivity contribution in [1.82, 2.24) is 20.1 Å². The maximum atomic E-state index is 13.5. The van der Waals surface area contributed by atoms with Crippen molar-refractivity contribution in [3.05, 3.63) is 40.9 Å². The smallest absolute Gasteiger partial charge is 0.407 e. The Balaban J connectivity index is 1.55. The van der Waals surface area contributed by atoms with Crippen molar-refractivity contribution in [3.8, 4) is 10.6 Å². The second-order valence-electron chi connectivity index (χ2n) is 9.21. The maximum absolute atomic E-state index is 13.5. The Morgan fingerprint density at radius 1 is 1.11 bits per heavy atom.